The quantitative estimate of drug-likeness (QED) is 0.893. The summed E-state index contributed by atoms with van der Waals surface area (Å²) in [5.74, 6) is 0. The van der Waals surface area contributed by atoms with Crippen molar-refractivity contribution in [2.75, 3.05) is 10.6 Å². The van der Waals surface area contributed by atoms with Gasteiger partial charge in [-0.1, -0.05) is 6.07 Å². The Morgan fingerprint density at radius 1 is 1.33 bits per heavy atom. The van der Waals surface area contributed by atoms with Crippen molar-refractivity contribution in [3.63, 3.8) is 0 Å². The Hall–Kier alpha value is -1.77. The number of amides is 2. The number of carbonyl (C=O) groups is 1. The van der Waals surface area contributed by atoms with Gasteiger partial charge in [0.25, 0.3) is 0 Å². The first-order chi connectivity index (χ1) is 8.03. The molecule has 0 aliphatic heterocycles. The normalized spacial score (nSPS) is 12.2. The summed E-state index contributed by atoms with van der Waals surface area (Å²) in [5.41, 5.74) is 3.31. The van der Waals surface area contributed by atoms with Gasteiger partial charge in [-0.15, -0.1) is 0 Å². The van der Waals surface area contributed by atoms with E-state index in [4.69, 9.17) is 5.73 Å². The van der Waals surface area contributed by atoms with Gasteiger partial charge >= 0.3 is 12.2 Å². The van der Waals surface area contributed by atoms with Gasteiger partial charge in [-0.2, -0.15) is 17.5 Å². The largest absolute Gasteiger partial charge is 0.416 e. The van der Waals surface area contributed by atoms with Crippen molar-refractivity contribution in [2.24, 2.45) is 5.73 Å². The number of benzene rings is 1. The lowest BCUT2D eigenvalue weighted by Gasteiger charge is -2.18. The monoisotopic (exact) mass is 282 g/mol. The topological polar surface area (TPSA) is 80.5 Å². The molecular weight excluding hydrogens is 273 g/mol. The maximum Gasteiger partial charge on any atom is 0.416 e. The summed E-state index contributed by atoms with van der Waals surface area (Å²) in [7, 11) is -4.09. The van der Waals surface area contributed by atoms with E-state index in [2.05, 4.69) is 0 Å². The van der Waals surface area contributed by atoms with Crippen molar-refractivity contribution in [1.29, 1.82) is 0 Å². The van der Waals surface area contributed by atoms with Gasteiger partial charge in [-0.05, 0) is 18.2 Å². The molecule has 0 saturated heterocycles. The number of sulfonamides is 1. The molecular formula is C9H9F3N2O3S. The highest BCUT2D eigenvalue weighted by Crippen LogP contribution is 2.32. The molecule has 0 bridgehead atoms. The lowest BCUT2D eigenvalue weighted by Crippen LogP contribution is -2.40. The fourth-order valence-corrected chi connectivity index (χ4v) is 2.11. The summed E-state index contributed by atoms with van der Waals surface area (Å²) < 4.78 is 60.0. The van der Waals surface area contributed by atoms with E-state index in [9.17, 15) is 26.4 Å². The standard InChI is InChI=1S/C9H9F3N2O3S/c1-18(16,17)14(8(13)15)7-4-2-3-6(5-7)9(10,11)12/h2-5H,1H3,(H2,13,15). The zero-order chi connectivity index (χ0) is 14.1. The third kappa shape index (κ3) is 3.13. The van der Waals surface area contributed by atoms with Crippen molar-refractivity contribution in [3.05, 3.63) is 29.8 Å². The lowest BCUT2D eigenvalue weighted by molar-refractivity contribution is -0.137. The van der Waals surface area contributed by atoms with Gasteiger partial charge in [-0.25, -0.2) is 13.2 Å². The molecule has 0 spiro atoms. The molecule has 18 heavy (non-hydrogen) atoms. The van der Waals surface area contributed by atoms with Crippen molar-refractivity contribution in [2.45, 2.75) is 6.18 Å². The molecule has 5 nitrogen and oxygen atoms in total. The maximum absolute atomic E-state index is 12.4. The van der Waals surface area contributed by atoms with Crippen LogP contribution in [0.4, 0.5) is 23.7 Å². The second-order valence-electron chi connectivity index (χ2n) is 3.41. The molecule has 1 aromatic rings. The van der Waals surface area contributed by atoms with Crippen molar-refractivity contribution in [1.82, 2.24) is 0 Å². The van der Waals surface area contributed by atoms with Crippen LogP contribution in [0.15, 0.2) is 24.3 Å². The predicted molar refractivity (Wildman–Crippen MR) is 58.4 cm³/mol. The van der Waals surface area contributed by atoms with Gasteiger partial charge in [0.2, 0.25) is 10.0 Å². The van der Waals surface area contributed by atoms with Crippen LogP contribution in [0.5, 0.6) is 0 Å². The Kier molecular flexibility index (Phi) is 3.56. The minimum absolute atomic E-state index is 0.0994. The van der Waals surface area contributed by atoms with E-state index in [1.54, 1.807) is 0 Å². The van der Waals surface area contributed by atoms with E-state index in [0.717, 1.165) is 18.2 Å². The van der Waals surface area contributed by atoms with E-state index < -0.39 is 33.5 Å². The number of primary amides is 1. The number of anilines is 1. The molecule has 9 heteroatoms. The molecule has 0 aromatic heterocycles. The molecule has 0 aliphatic carbocycles. The highest BCUT2D eigenvalue weighted by molar-refractivity contribution is 7.92. The number of rotatable bonds is 2. The molecule has 0 aliphatic rings. The first kappa shape index (κ1) is 14.3. The predicted octanol–water partition coefficient (Wildman–Crippen LogP) is 1.55. The number of halogens is 3. The highest BCUT2D eigenvalue weighted by Gasteiger charge is 2.32. The summed E-state index contributed by atoms with van der Waals surface area (Å²) in [6.45, 7) is 0. The van der Waals surface area contributed by atoms with Gasteiger partial charge in [0.15, 0.2) is 0 Å². The van der Waals surface area contributed by atoms with Crippen LogP contribution < -0.4 is 10.0 Å². The molecule has 2 amide bonds. The fraction of sp³-hybridized carbons (Fsp3) is 0.222. The molecule has 0 heterocycles. The van der Waals surface area contributed by atoms with Gasteiger partial charge in [0, 0.05) is 0 Å². The molecule has 1 rings (SSSR count). The van der Waals surface area contributed by atoms with E-state index in [-0.39, 0.29) is 4.31 Å². The number of carbonyl (C=O) groups excluding carboxylic acids is 1. The Balaban J connectivity index is 3.37. The van der Waals surface area contributed by atoms with E-state index in [1.165, 1.54) is 0 Å². The minimum Gasteiger partial charge on any atom is -0.350 e. The summed E-state index contributed by atoms with van der Waals surface area (Å²) in [6, 6.07) is 1.94. The van der Waals surface area contributed by atoms with Crippen LogP contribution in [-0.2, 0) is 16.2 Å². The highest BCUT2D eigenvalue weighted by atomic mass is 32.2. The Bertz CT molecular complexity index is 569. The number of nitrogens with two attached hydrogens (primary N) is 1. The Labute approximate surface area is 101 Å². The molecule has 0 unspecified atom stereocenters. The van der Waals surface area contributed by atoms with Gasteiger partial charge < -0.3 is 5.73 Å². The van der Waals surface area contributed by atoms with Crippen LogP contribution in [-0.4, -0.2) is 20.7 Å². The second-order valence-corrected chi connectivity index (χ2v) is 5.24. The number of urea groups is 1. The smallest absolute Gasteiger partial charge is 0.350 e. The molecule has 1 aromatic carbocycles. The molecule has 0 fully saturated rings. The lowest BCUT2D eigenvalue weighted by atomic mass is 10.2. The first-order valence-electron chi connectivity index (χ1n) is 4.50. The van der Waals surface area contributed by atoms with E-state index in [0.29, 0.717) is 12.3 Å². The van der Waals surface area contributed by atoms with Gasteiger partial charge in [-0.3, -0.25) is 0 Å². The Morgan fingerprint density at radius 3 is 2.28 bits per heavy atom. The van der Waals surface area contributed by atoms with Crippen LogP contribution in [0.25, 0.3) is 0 Å². The molecule has 2 N–H and O–H groups in total. The molecule has 0 radical (unpaired) electrons. The average Bonchev–Trinajstić information content (AvgIpc) is 2.13. The van der Waals surface area contributed by atoms with Crippen molar-refractivity contribution in [3.8, 4) is 0 Å². The van der Waals surface area contributed by atoms with Crippen LogP contribution >= 0.6 is 0 Å². The van der Waals surface area contributed by atoms with Crippen LogP contribution in [0.3, 0.4) is 0 Å². The van der Waals surface area contributed by atoms with Gasteiger partial charge in [0.05, 0.1) is 17.5 Å². The number of nitrogens with zero attached hydrogens (tertiary/aromatic N) is 1. The average molecular weight is 282 g/mol. The van der Waals surface area contributed by atoms with Crippen LogP contribution in [0, 0.1) is 0 Å². The zero-order valence-electron chi connectivity index (χ0n) is 9.10. The Morgan fingerprint density at radius 2 is 1.89 bits per heavy atom. The summed E-state index contributed by atoms with van der Waals surface area (Å²) in [4.78, 5) is 11.0. The van der Waals surface area contributed by atoms with Crippen molar-refractivity contribution < 1.29 is 26.4 Å². The van der Waals surface area contributed by atoms with Gasteiger partial charge in [0.1, 0.15) is 0 Å². The molecule has 0 atom stereocenters. The van der Waals surface area contributed by atoms with E-state index >= 15 is 0 Å². The third-order valence-electron chi connectivity index (χ3n) is 1.94. The minimum atomic E-state index is -4.64. The molecule has 100 valence electrons. The second kappa shape index (κ2) is 4.48. The summed E-state index contributed by atoms with van der Waals surface area (Å²) >= 11 is 0. The maximum atomic E-state index is 12.4. The number of hydrogen-bond donors (Lipinski definition) is 1. The van der Waals surface area contributed by atoms with E-state index in [1.807, 2.05) is 0 Å². The first-order valence-corrected chi connectivity index (χ1v) is 6.35. The zero-order valence-corrected chi connectivity index (χ0v) is 9.92. The fourth-order valence-electron chi connectivity index (χ4n) is 1.29. The number of alkyl halides is 3. The SMILES string of the molecule is CS(=O)(=O)N(C(N)=O)c1cccc(C(F)(F)F)c1. The number of hydrogen-bond acceptors (Lipinski definition) is 3. The van der Waals surface area contributed by atoms with Crippen LogP contribution in [0.1, 0.15) is 5.56 Å². The van der Waals surface area contributed by atoms with Crippen molar-refractivity contribution >= 4 is 21.7 Å². The molecule has 0 saturated carbocycles. The summed E-state index contributed by atoms with van der Waals surface area (Å²) in [5, 5.41) is 0. The van der Waals surface area contributed by atoms with Crippen LogP contribution in [0.2, 0.25) is 0 Å². The summed E-state index contributed by atoms with van der Waals surface area (Å²) in [6.07, 6.45) is -3.98. The third-order valence-corrected chi connectivity index (χ3v) is 2.99.